The molecule has 0 aliphatic carbocycles. The van der Waals surface area contributed by atoms with Crippen LogP contribution < -0.4 is 0 Å². The van der Waals surface area contributed by atoms with E-state index in [1.54, 1.807) is 6.33 Å². The molecule has 1 aromatic carbocycles. The molecular formula is C12H11ClFN3O2S. The Hall–Kier alpha value is -1.44. The Morgan fingerprint density at radius 3 is 2.95 bits per heavy atom. The van der Waals surface area contributed by atoms with Gasteiger partial charge >= 0.3 is 0 Å². The summed E-state index contributed by atoms with van der Waals surface area (Å²) in [7, 11) is -3.69. The van der Waals surface area contributed by atoms with Gasteiger partial charge in [-0.15, -0.1) is 0 Å². The van der Waals surface area contributed by atoms with Gasteiger partial charge in [0.15, 0.2) is 0 Å². The number of halogens is 2. The van der Waals surface area contributed by atoms with Gasteiger partial charge in [0.05, 0.1) is 34.2 Å². The van der Waals surface area contributed by atoms with Gasteiger partial charge in [0.25, 0.3) is 0 Å². The van der Waals surface area contributed by atoms with Crippen molar-refractivity contribution < 1.29 is 12.8 Å². The third kappa shape index (κ3) is 2.21. The summed E-state index contributed by atoms with van der Waals surface area (Å²) in [6.45, 7) is 0.571. The summed E-state index contributed by atoms with van der Waals surface area (Å²) in [6, 6.07) is 3.41. The van der Waals surface area contributed by atoms with Crippen molar-refractivity contribution in [2.24, 2.45) is 0 Å². The number of imidazole rings is 1. The van der Waals surface area contributed by atoms with E-state index in [9.17, 15) is 12.8 Å². The van der Waals surface area contributed by atoms with E-state index < -0.39 is 15.8 Å². The predicted molar refractivity (Wildman–Crippen MR) is 71.3 cm³/mol. The lowest BCUT2D eigenvalue weighted by molar-refractivity contribution is 0.385. The molecule has 1 aromatic heterocycles. The SMILES string of the molecule is O=S(=O)(c1ccc(F)c(Cl)c1)N1CCc2nc[nH]c2C1. The van der Waals surface area contributed by atoms with Crippen molar-refractivity contribution in [1.82, 2.24) is 14.3 Å². The Morgan fingerprint density at radius 1 is 1.40 bits per heavy atom. The number of H-pyrrole nitrogens is 1. The van der Waals surface area contributed by atoms with E-state index in [-0.39, 0.29) is 16.5 Å². The van der Waals surface area contributed by atoms with Crippen LogP contribution in [0.5, 0.6) is 0 Å². The Morgan fingerprint density at radius 2 is 2.20 bits per heavy atom. The highest BCUT2D eigenvalue weighted by molar-refractivity contribution is 7.89. The van der Waals surface area contributed by atoms with Crippen LogP contribution in [0, 0.1) is 5.82 Å². The zero-order valence-electron chi connectivity index (χ0n) is 10.3. The zero-order chi connectivity index (χ0) is 14.3. The normalized spacial score (nSPS) is 16.1. The fourth-order valence-electron chi connectivity index (χ4n) is 2.18. The second kappa shape index (κ2) is 4.83. The first kappa shape index (κ1) is 13.5. The molecule has 0 radical (unpaired) electrons. The first-order valence-electron chi connectivity index (χ1n) is 5.95. The van der Waals surface area contributed by atoms with Gasteiger partial charge < -0.3 is 4.98 Å². The first-order chi connectivity index (χ1) is 9.48. The number of aromatic nitrogens is 2. The molecule has 1 N–H and O–H groups in total. The highest BCUT2D eigenvalue weighted by Crippen LogP contribution is 2.25. The first-order valence-corrected chi connectivity index (χ1v) is 7.76. The summed E-state index contributed by atoms with van der Waals surface area (Å²) >= 11 is 5.65. The van der Waals surface area contributed by atoms with E-state index >= 15 is 0 Å². The van der Waals surface area contributed by atoms with E-state index in [4.69, 9.17) is 11.6 Å². The summed E-state index contributed by atoms with van der Waals surface area (Å²) in [5, 5.41) is -0.203. The lowest BCUT2D eigenvalue weighted by Gasteiger charge is -2.25. The summed E-state index contributed by atoms with van der Waals surface area (Å²) in [6.07, 6.45) is 2.10. The predicted octanol–water partition coefficient (Wildman–Crippen LogP) is 1.95. The van der Waals surface area contributed by atoms with Crippen LogP contribution in [0.4, 0.5) is 4.39 Å². The van der Waals surface area contributed by atoms with E-state index in [1.165, 1.54) is 10.4 Å². The van der Waals surface area contributed by atoms with Gasteiger partial charge in [0.2, 0.25) is 10.0 Å². The van der Waals surface area contributed by atoms with Crippen LogP contribution in [-0.2, 0) is 23.0 Å². The van der Waals surface area contributed by atoms with Gasteiger partial charge in [-0.25, -0.2) is 17.8 Å². The summed E-state index contributed by atoms with van der Waals surface area (Å²) < 4.78 is 39.4. The van der Waals surface area contributed by atoms with Gasteiger partial charge in [-0.2, -0.15) is 4.31 Å². The molecule has 0 unspecified atom stereocenters. The summed E-state index contributed by atoms with van der Waals surface area (Å²) in [5.41, 5.74) is 1.67. The Labute approximate surface area is 120 Å². The van der Waals surface area contributed by atoms with Crippen LogP contribution >= 0.6 is 11.6 Å². The molecule has 0 bridgehead atoms. The van der Waals surface area contributed by atoms with Crippen LogP contribution in [0.15, 0.2) is 29.4 Å². The van der Waals surface area contributed by atoms with E-state index in [0.29, 0.717) is 13.0 Å². The monoisotopic (exact) mass is 315 g/mol. The minimum absolute atomic E-state index is 0.00753. The van der Waals surface area contributed by atoms with Crippen LogP contribution in [-0.4, -0.2) is 29.2 Å². The zero-order valence-corrected chi connectivity index (χ0v) is 11.9. The number of nitrogens with zero attached hydrogens (tertiary/aromatic N) is 2. The molecule has 0 amide bonds. The lowest BCUT2D eigenvalue weighted by atomic mass is 10.2. The average molecular weight is 316 g/mol. The highest BCUT2D eigenvalue weighted by atomic mass is 35.5. The van der Waals surface area contributed by atoms with Crippen molar-refractivity contribution >= 4 is 21.6 Å². The van der Waals surface area contributed by atoms with E-state index in [2.05, 4.69) is 9.97 Å². The van der Waals surface area contributed by atoms with Gasteiger partial charge in [-0.05, 0) is 18.2 Å². The smallest absolute Gasteiger partial charge is 0.243 e. The molecule has 2 aromatic rings. The van der Waals surface area contributed by atoms with Crippen molar-refractivity contribution in [2.75, 3.05) is 6.54 Å². The van der Waals surface area contributed by atoms with Gasteiger partial charge in [0.1, 0.15) is 5.82 Å². The maximum absolute atomic E-state index is 13.1. The molecule has 0 saturated heterocycles. The molecular weight excluding hydrogens is 305 g/mol. The Balaban J connectivity index is 1.95. The van der Waals surface area contributed by atoms with Crippen molar-refractivity contribution in [1.29, 1.82) is 0 Å². The van der Waals surface area contributed by atoms with Crippen molar-refractivity contribution in [3.63, 3.8) is 0 Å². The van der Waals surface area contributed by atoms with Crippen molar-refractivity contribution in [3.8, 4) is 0 Å². The molecule has 0 saturated carbocycles. The summed E-state index contributed by atoms with van der Waals surface area (Å²) in [5.74, 6) is -0.639. The minimum atomic E-state index is -3.69. The van der Waals surface area contributed by atoms with Crippen LogP contribution in [0.1, 0.15) is 11.4 Å². The highest BCUT2D eigenvalue weighted by Gasteiger charge is 2.29. The third-order valence-electron chi connectivity index (χ3n) is 3.27. The van der Waals surface area contributed by atoms with Gasteiger partial charge in [-0.3, -0.25) is 0 Å². The second-order valence-electron chi connectivity index (χ2n) is 4.49. The Bertz CT molecular complexity index is 760. The van der Waals surface area contributed by atoms with Crippen molar-refractivity contribution in [2.45, 2.75) is 17.9 Å². The molecule has 1 aliphatic heterocycles. The molecule has 0 spiro atoms. The van der Waals surface area contributed by atoms with E-state index in [1.807, 2.05) is 0 Å². The number of hydrogen-bond donors (Lipinski definition) is 1. The minimum Gasteiger partial charge on any atom is -0.347 e. The topological polar surface area (TPSA) is 66.1 Å². The fourth-order valence-corrected chi connectivity index (χ4v) is 3.86. The fraction of sp³-hybridized carbons (Fsp3) is 0.250. The lowest BCUT2D eigenvalue weighted by Crippen LogP contribution is -2.36. The molecule has 20 heavy (non-hydrogen) atoms. The second-order valence-corrected chi connectivity index (χ2v) is 6.84. The molecule has 0 fully saturated rings. The largest absolute Gasteiger partial charge is 0.347 e. The number of rotatable bonds is 2. The van der Waals surface area contributed by atoms with Gasteiger partial charge in [-0.1, -0.05) is 11.6 Å². The van der Waals surface area contributed by atoms with E-state index in [0.717, 1.165) is 23.5 Å². The maximum Gasteiger partial charge on any atom is 0.243 e. The van der Waals surface area contributed by atoms with Crippen LogP contribution in [0.2, 0.25) is 5.02 Å². The number of aromatic amines is 1. The van der Waals surface area contributed by atoms with Crippen LogP contribution in [0.3, 0.4) is 0 Å². The number of hydrogen-bond acceptors (Lipinski definition) is 3. The molecule has 3 rings (SSSR count). The number of benzene rings is 1. The van der Waals surface area contributed by atoms with Crippen molar-refractivity contribution in [3.05, 3.63) is 46.8 Å². The Kier molecular flexibility index (Phi) is 3.27. The number of sulfonamides is 1. The number of nitrogens with one attached hydrogen (secondary N) is 1. The third-order valence-corrected chi connectivity index (χ3v) is 5.40. The molecule has 5 nitrogen and oxygen atoms in total. The quantitative estimate of drug-likeness (QED) is 0.921. The molecule has 8 heteroatoms. The summed E-state index contributed by atoms with van der Waals surface area (Å²) in [4.78, 5) is 7.04. The maximum atomic E-state index is 13.1. The van der Waals surface area contributed by atoms with Gasteiger partial charge in [0, 0.05) is 13.0 Å². The molecule has 0 atom stereocenters. The van der Waals surface area contributed by atoms with Crippen LogP contribution in [0.25, 0.3) is 0 Å². The average Bonchev–Trinajstić information content (AvgIpc) is 2.89. The standard InChI is InChI=1S/C12H11ClFN3O2S/c13-9-5-8(1-2-10(9)14)20(18,19)17-4-3-11-12(6-17)16-7-15-11/h1-2,5,7H,3-4,6H2,(H,15,16). The molecule has 106 valence electrons. The number of fused-ring (bicyclic) bond motifs is 1. The molecule has 1 aliphatic rings. The molecule has 2 heterocycles.